The summed E-state index contributed by atoms with van der Waals surface area (Å²) < 4.78 is 5.81. The van der Waals surface area contributed by atoms with Crippen LogP contribution in [-0.2, 0) is 10.6 Å². The quantitative estimate of drug-likeness (QED) is 0.689. The van der Waals surface area contributed by atoms with Crippen LogP contribution in [0.4, 0.5) is 4.79 Å². The van der Waals surface area contributed by atoms with Crippen LogP contribution in [-0.4, -0.2) is 46.4 Å². The van der Waals surface area contributed by atoms with E-state index in [1.165, 1.54) is 0 Å². The molecule has 0 saturated carbocycles. The Labute approximate surface area is 144 Å². The second-order valence-electron chi connectivity index (χ2n) is 6.77. The number of aliphatic hydroxyl groups is 2. The monoisotopic (exact) mass is 386 g/mol. The van der Waals surface area contributed by atoms with E-state index in [0.29, 0.717) is 29.7 Å². The molecule has 1 aromatic carbocycles. The zero-order chi connectivity index (χ0) is 17.3. The number of carbonyl (C=O) groups is 1. The molecule has 23 heavy (non-hydrogen) atoms. The third-order valence-electron chi connectivity index (χ3n) is 3.57. The minimum atomic E-state index is -2.03. The minimum absolute atomic E-state index is 0.156. The SMILES string of the molecule is CC(C)(C)OC(=O)NCC1CN(C(O)(O)c2ccccc2Br)C1. The number of carbonyl (C=O) groups excluding carboxylic acids is 1. The molecule has 1 fully saturated rings. The fourth-order valence-electron chi connectivity index (χ4n) is 2.40. The molecule has 1 aliphatic rings. The Kier molecular flexibility index (Phi) is 5.35. The lowest BCUT2D eigenvalue weighted by Gasteiger charge is -2.46. The lowest BCUT2D eigenvalue weighted by molar-refractivity contribution is -0.301. The van der Waals surface area contributed by atoms with Crippen molar-refractivity contribution in [2.24, 2.45) is 5.92 Å². The van der Waals surface area contributed by atoms with Gasteiger partial charge in [-0.15, -0.1) is 0 Å². The summed E-state index contributed by atoms with van der Waals surface area (Å²) in [5.41, 5.74) is -0.126. The lowest BCUT2D eigenvalue weighted by atomic mass is 9.97. The summed E-state index contributed by atoms with van der Waals surface area (Å²) in [4.78, 5) is 13.1. The molecular weight excluding hydrogens is 364 g/mol. The van der Waals surface area contributed by atoms with Gasteiger partial charge in [-0.3, -0.25) is 0 Å². The molecule has 128 valence electrons. The Balaban J connectivity index is 1.82. The van der Waals surface area contributed by atoms with Crippen molar-refractivity contribution < 1.29 is 19.7 Å². The van der Waals surface area contributed by atoms with Crippen LogP contribution >= 0.6 is 15.9 Å². The Morgan fingerprint density at radius 3 is 2.52 bits per heavy atom. The number of nitrogens with zero attached hydrogens (tertiary/aromatic N) is 1. The molecule has 1 heterocycles. The summed E-state index contributed by atoms with van der Waals surface area (Å²) in [7, 11) is 0. The van der Waals surface area contributed by atoms with Gasteiger partial charge in [0.05, 0.1) is 0 Å². The maximum atomic E-state index is 11.6. The van der Waals surface area contributed by atoms with E-state index in [-0.39, 0.29) is 5.92 Å². The Bertz CT molecular complexity index is 565. The van der Waals surface area contributed by atoms with Gasteiger partial charge in [0.25, 0.3) is 5.91 Å². The van der Waals surface area contributed by atoms with Crippen LogP contribution < -0.4 is 5.32 Å². The summed E-state index contributed by atoms with van der Waals surface area (Å²) in [6.45, 7) is 6.81. The van der Waals surface area contributed by atoms with E-state index in [1.807, 2.05) is 6.07 Å². The molecule has 1 saturated heterocycles. The average Bonchev–Trinajstić information content (AvgIpc) is 2.34. The van der Waals surface area contributed by atoms with Gasteiger partial charge in [-0.2, -0.15) is 0 Å². The molecule has 3 N–H and O–H groups in total. The molecule has 6 nitrogen and oxygen atoms in total. The van der Waals surface area contributed by atoms with Gasteiger partial charge in [-0.25, -0.2) is 9.69 Å². The van der Waals surface area contributed by atoms with Crippen LogP contribution in [0.3, 0.4) is 0 Å². The number of hydrogen-bond acceptors (Lipinski definition) is 5. The molecule has 0 aromatic heterocycles. The number of benzene rings is 1. The van der Waals surface area contributed by atoms with Crippen molar-refractivity contribution in [1.82, 2.24) is 10.2 Å². The zero-order valence-corrected chi connectivity index (χ0v) is 15.1. The van der Waals surface area contributed by atoms with Crippen LogP contribution in [0.25, 0.3) is 0 Å². The molecule has 0 unspecified atom stereocenters. The molecule has 0 spiro atoms. The molecular formula is C16H23BrN2O4. The van der Waals surface area contributed by atoms with Gasteiger partial charge >= 0.3 is 6.09 Å². The predicted octanol–water partition coefficient (Wildman–Crippen LogP) is 2.00. The molecule has 1 aliphatic heterocycles. The summed E-state index contributed by atoms with van der Waals surface area (Å²) >= 11 is 3.33. The van der Waals surface area contributed by atoms with E-state index in [2.05, 4.69) is 21.2 Å². The van der Waals surface area contributed by atoms with Crippen LogP contribution in [0.5, 0.6) is 0 Å². The van der Waals surface area contributed by atoms with Crippen molar-refractivity contribution in [2.45, 2.75) is 32.3 Å². The molecule has 2 rings (SSSR count). The van der Waals surface area contributed by atoms with Crippen molar-refractivity contribution in [1.29, 1.82) is 0 Å². The van der Waals surface area contributed by atoms with Gasteiger partial charge in [-0.1, -0.05) is 34.1 Å². The van der Waals surface area contributed by atoms with Gasteiger partial charge in [0.1, 0.15) is 5.60 Å². The number of halogens is 1. The van der Waals surface area contributed by atoms with Gasteiger partial charge in [0, 0.05) is 35.6 Å². The summed E-state index contributed by atoms with van der Waals surface area (Å²) in [6.07, 6.45) is -0.457. The van der Waals surface area contributed by atoms with E-state index >= 15 is 0 Å². The minimum Gasteiger partial charge on any atom is -0.444 e. The average molecular weight is 387 g/mol. The number of alkyl carbamates (subject to hydrolysis) is 1. The molecule has 0 atom stereocenters. The summed E-state index contributed by atoms with van der Waals surface area (Å²) in [5, 5.41) is 23.5. The Morgan fingerprint density at radius 1 is 1.35 bits per heavy atom. The number of likely N-dealkylation sites (tertiary alicyclic amines) is 1. The number of nitrogens with one attached hydrogen (secondary N) is 1. The largest absolute Gasteiger partial charge is 0.444 e. The van der Waals surface area contributed by atoms with Gasteiger partial charge in [0.2, 0.25) is 0 Å². The first-order valence-electron chi connectivity index (χ1n) is 7.51. The maximum absolute atomic E-state index is 11.6. The van der Waals surface area contributed by atoms with Crippen molar-refractivity contribution >= 4 is 22.0 Å². The highest BCUT2D eigenvalue weighted by Gasteiger charge is 2.43. The molecule has 0 radical (unpaired) electrons. The molecule has 1 aromatic rings. The third kappa shape index (κ3) is 4.67. The standard InChI is InChI=1S/C16H23BrN2O4/c1-15(2,3)23-14(20)18-8-11-9-19(10-11)16(21,22)12-6-4-5-7-13(12)17/h4-7,11,21-22H,8-10H2,1-3H3,(H,18,20). The van der Waals surface area contributed by atoms with E-state index in [4.69, 9.17) is 4.74 Å². The second kappa shape index (κ2) is 6.76. The topological polar surface area (TPSA) is 82.0 Å². The molecule has 1 amide bonds. The van der Waals surface area contributed by atoms with Crippen LogP contribution in [0.2, 0.25) is 0 Å². The van der Waals surface area contributed by atoms with E-state index in [1.54, 1.807) is 43.9 Å². The normalized spacial score (nSPS) is 16.8. The zero-order valence-electron chi connectivity index (χ0n) is 13.5. The maximum Gasteiger partial charge on any atom is 0.407 e. The summed E-state index contributed by atoms with van der Waals surface area (Å²) in [5.74, 6) is -1.87. The second-order valence-corrected chi connectivity index (χ2v) is 7.62. The van der Waals surface area contributed by atoms with Crippen LogP contribution in [0, 0.1) is 5.92 Å². The van der Waals surface area contributed by atoms with E-state index in [0.717, 1.165) is 0 Å². The van der Waals surface area contributed by atoms with Crippen molar-refractivity contribution in [3.05, 3.63) is 34.3 Å². The number of rotatable bonds is 4. The van der Waals surface area contributed by atoms with E-state index in [9.17, 15) is 15.0 Å². The van der Waals surface area contributed by atoms with Crippen molar-refractivity contribution in [2.75, 3.05) is 19.6 Å². The third-order valence-corrected chi connectivity index (χ3v) is 4.26. The van der Waals surface area contributed by atoms with Crippen LogP contribution in [0.1, 0.15) is 26.3 Å². The number of hydrogen-bond donors (Lipinski definition) is 3. The highest BCUT2D eigenvalue weighted by atomic mass is 79.9. The van der Waals surface area contributed by atoms with Gasteiger partial charge in [0.15, 0.2) is 0 Å². The number of amides is 1. The smallest absolute Gasteiger partial charge is 0.407 e. The predicted molar refractivity (Wildman–Crippen MR) is 89.6 cm³/mol. The van der Waals surface area contributed by atoms with Crippen LogP contribution in [0.15, 0.2) is 28.7 Å². The summed E-state index contributed by atoms with van der Waals surface area (Å²) in [6, 6.07) is 6.99. The molecule has 0 bridgehead atoms. The lowest BCUT2D eigenvalue weighted by Crippen LogP contribution is -2.60. The Morgan fingerprint density at radius 2 is 1.96 bits per heavy atom. The first kappa shape index (κ1) is 18.2. The number of ether oxygens (including phenoxy) is 1. The fourth-order valence-corrected chi connectivity index (χ4v) is 2.95. The highest BCUT2D eigenvalue weighted by Crippen LogP contribution is 2.34. The molecule has 7 heteroatoms. The first-order chi connectivity index (χ1) is 10.6. The fraction of sp³-hybridized carbons (Fsp3) is 0.562. The highest BCUT2D eigenvalue weighted by molar-refractivity contribution is 9.10. The molecule has 0 aliphatic carbocycles. The van der Waals surface area contributed by atoms with E-state index < -0.39 is 17.6 Å². The van der Waals surface area contributed by atoms with Gasteiger partial charge in [-0.05, 0) is 26.8 Å². The first-order valence-corrected chi connectivity index (χ1v) is 8.30. The van der Waals surface area contributed by atoms with Crippen molar-refractivity contribution in [3.8, 4) is 0 Å². The Hall–Kier alpha value is -1.15. The van der Waals surface area contributed by atoms with Crippen molar-refractivity contribution in [3.63, 3.8) is 0 Å². The van der Waals surface area contributed by atoms with Gasteiger partial charge < -0.3 is 20.3 Å².